The zero-order valence-electron chi connectivity index (χ0n) is 26.8. The molecule has 0 unspecified atom stereocenters. The number of hydrogen-bond acceptors (Lipinski definition) is 6. The summed E-state index contributed by atoms with van der Waals surface area (Å²) >= 11 is 1.48. The van der Waals surface area contributed by atoms with E-state index >= 15 is 4.39 Å². The lowest BCUT2D eigenvalue weighted by molar-refractivity contribution is -0.135. The van der Waals surface area contributed by atoms with Gasteiger partial charge in [0.1, 0.15) is 11.9 Å². The van der Waals surface area contributed by atoms with Crippen LogP contribution in [-0.2, 0) is 14.4 Å². The normalized spacial score (nSPS) is 18.0. The van der Waals surface area contributed by atoms with Gasteiger partial charge in [0.15, 0.2) is 0 Å². The van der Waals surface area contributed by atoms with Crippen molar-refractivity contribution in [3.63, 3.8) is 0 Å². The highest BCUT2D eigenvalue weighted by Crippen LogP contribution is 2.31. The minimum absolute atomic E-state index is 0.0270. The Morgan fingerprint density at radius 1 is 0.978 bits per heavy atom. The van der Waals surface area contributed by atoms with E-state index in [-0.39, 0.29) is 35.7 Å². The van der Waals surface area contributed by atoms with Gasteiger partial charge in [-0.1, -0.05) is 50.5 Å². The quantitative estimate of drug-likeness (QED) is 0.282. The molecule has 1 aliphatic heterocycles. The number of benzene rings is 2. The average molecular weight is 650 g/mol. The minimum Gasteiger partial charge on any atom is -0.353 e. The first kappa shape index (κ1) is 33.5. The topological polar surface area (TPSA) is 111 Å². The predicted octanol–water partition coefficient (Wildman–Crippen LogP) is 5.13. The van der Waals surface area contributed by atoms with Crippen LogP contribution in [-0.4, -0.2) is 78.7 Å². The van der Waals surface area contributed by atoms with E-state index in [1.165, 1.54) is 23.5 Å². The number of fused-ring (bicyclic) bond motifs is 1. The number of nitrogens with one attached hydrogen (secondary N) is 3. The Bertz CT molecular complexity index is 1560. The number of nitrogens with zero attached hydrogens (tertiary/aromatic N) is 2. The average Bonchev–Trinajstić information content (AvgIpc) is 3.50. The summed E-state index contributed by atoms with van der Waals surface area (Å²) in [6, 6.07) is 10.6. The van der Waals surface area contributed by atoms with Gasteiger partial charge in [-0.25, -0.2) is 4.39 Å². The number of likely N-dealkylation sites (N-methyl/N-ethyl adjacent to an activating group) is 1. The summed E-state index contributed by atoms with van der Waals surface area (Å²) in [6.45, 7) is 6.05. The Kier molecular flexibility index (Phi) is 11.1. The first-order valence-electron chi connectivity index (χ1n) is 16.3. The molecule has 5 rings (SSSR count). The van der Waals surface area contributed by atoms with Gasteiger partial charge < -0.3 is 25.8 Å². The van der Waals surface area contributed by atoms with Crippen molar-refractivity contribution in [1.82, 2.24) is 20.4 Å². The molecule has 2 aliphatic rings. The summed E-state index contributed by atoms with van der Waals surface area (Å²) in [5, 5.41) is 11.2. The van der Waals surface area contributed by atoms with E-state index < -0.39 is 29.7 Å². The summed E-state index contributed by atoms with van der Waals surface area (Å²) < 4.78 is 16.8. The minimum atomic E-state index is -0.832. The smallest absolute Gasteiger partial charge is 0.253 e. The lowest BCUT2D eigenvalue weighted by Crippen LogP contribution is -2.51. The maximum Gasteiger partial charge on any atom is 0.253 e. The van der Waals surface area contributed by atoms with Crippen LogP contribution in [0.3, 0.4) is 0 Å². The highest BCUT2D eigenvalue weighted by Gasteiger charge is 2.35. The molecular weight excluding hydrogens is 605 g/mol. The molecule has 3 atom stereocenters. The second kappa shape index (κ2) is 15.2. The highest BCUT2D eigenvalue weighted by molar-refractivity contribution is 7.17. The van der Waals surface area contributed by atoms with Crippen molar-refractivity contribution in [3.8, 4) is 0 Å². The second-order valence-electron chi connectivity index (χ2n) is 12.5. The predicted molar refractivity (Wildman–Crippen MR) is 179 cm³/mol. The number of carbonyl (C=O) groups excluding carboxylic acids is 4. The molecule has 1 aliphatic carbocycles. The first-order chi connectivity index (χ1) is 22.2. The Morgan fingerprint density at radius 3 is 2.39 bits per heavy atom. The van der Waals surface area contributed by atoms with Crippen molar-refractivity contribution >= 4 is 50.7 Å². The van der Waals surface area contributed by atoms with E-state index in [0.717, 1.165) is 55.3 Å². The molecule has 1 saturated carbocycles. The molecule has 2 heterocycles. The summed E-state index contributed by atoms with van der Waals surface area (Å²) in [4.78, 5) is 57.1. The molecule has 0 radical (unpaired) electrons. The molecule has 3 aromatic rings. The molecule has 4 amide bonds. The number of thiophene rings is 1. The van der Waals surface area contributed by atoms with Crippen LogP contribution in [0.15, 0.2) is 47.8 Å². The molecule has 2 fully saturated rings. The molecule has 9 nitrogen and oxygen atoms in total. The number of carbonyl (C=O) groups is 4. The summed E-state index contributed by atoms with van der Waals surface area (Å²) in [7, 11) is 2.00. The SMILES string of the molecule is CCC(=O)N[C@H](C)[C@@H](C(=O)N1CCN(C)CC1)c1ccc(NC(=O)[C@@H](NC(=O)c2csc3ccccc23)C2CCCCC2)c(F)c1. The molecule has 1 aromatic heterocycles. The number of amides is 4. The third-order valence-corrected chi connectivity index (χ3v) is 10.3. The van der Waals surface area contributed by atoms with Crippen LogP contribution in [0.1, 0.15) is 74.2 Å². The zero-order valence-corrected chi connectivity index (χ0v) is 27.6. The molecule has 46 heavy (non-hydrogen) atoms. The maximum absolute atomic E-state index is 15.8. The van der Waals surface area contributed by atoms with E-state index in [0.29, 0.717) is 24.2 Å². The van der Waals surface area contributed by atoms with Crippen LogP contribution in [0, 0.1) is 11.7 Å². The molecule has 0 spiro atoms. The second-order valence-corrected chi connectivity index (χ2v) is 13.5. The molecule has 1 saturated heterocycles. The van der Waals surface area contributed by atoms with E-state index in [1.54, 1.807) is 30.2 Å². The van der Waals surface area contributed by atoms with Gasteiger partial charge in [0.05, 0.1) is 17.2 Å². The van der Waals surface area contributed by atoms with Gasteiger partial charge in [-0.3, -0.25) is 19.2 Å². The molecule has 3 N–H and O–H groups in total. The van der Waals surface area contributed by atoms with Crippen molar-refractivity contribution in [2.45, 2.75) is 70.4 Å². The van der Waals surface area contributed by atoms with E-state index in [1.807, 2.05) is 31.3 Å². The number of anilines is 1. The van der Waals surface area contributed by atoms with Crippen LogP contribution in [0.25, 0.3) is 10.1 Å². The van der Waals surface area contributed by atoms with Gasteiger partial charge in [-0.2, -0.15) is 0 Å². The fourth-order valence-corrected chi connectivity index (χ4v) is 7.52. The summed E-state index contributed by atoms with van der Waals surface area (Å²) in [5.74, 6) is -2.72. The molecule has 0 bridgehead atoms. The summed E-state index contributed by atoms with van der Waals surface area (Å²) in [5.41, 5.74) is 0.913. The van der Waals surface area contributed by atoms with E-state index in [9.17, 15) is 19.2 Å². The van der Waals surface area contributed by atoms with E-state index in [2.05, 4.69) is 20.9 Å². The third kappa shape index (κ3) is 7.75. The van der Waals surface area contributed by atoms with Crippen LogP contribution in [0.2, 0.25) is 0 Å². The Balaban J connectivity index is 1.36. The highest BCUT2D eigenvalue weighted by atomic mass is 32.1. The number of rotatable bonds is 10. The molecule has 2 aromatic carbocycles. The molecular formula is C35H44FN5O4S. The van der Waals surface area contributed by atoms with Crippen molar-refractivity contribution in [2.24, 2.45) is 5.92 Å². The van der Waals surface area contributed by atoms with Gasteiger partial charge in [-0.05, 0) is 56.5 Å². The van der Waals surface area contributed by atoms with E-state index in [4.69, 9.17) is 0 Å². The zero-order chi connectivity index (χ0) is 32.8. The monoisotopic (exact) mass is 649 g/mol. The molecule has 246 valence electrons. The number of piperazine rings is 1. The number of hydrogen-bond donors (Lipinski definition) is 3. The fraction of sp³-hybridized carbons (Fsp3) is 0.486. The van der Waals surface area contributed by atoms with Crippen molar-refractivity contribution in [1.29, 1.82) is 0 Å². The van der Waals surface area contributed by atoms with Crippen LogP contribution >= 0.6 is 11.3 Å². The van der Waals surface area contributed by atoms with Gasteiger partial charge in [0, 0.05) is 54.1 Å². The van der Waals surface area contributed by atoms with Crippen molar-refractivity contribution < 1.29 is 23.6 Å². The van der Waals surface area contributed by atoms with Gasteiger partial charge in [0.2, 0.25) is 17.7 Å². The largest absolute Gasteiger partial charge is 0.353 e. The van der Waals surface area contributed by atoms with Gasteiger partial charge in [-0.15, -0.1) is 11.3 Å². The van der Waals surface area contributed by atoms with Crippen LogP contribution in [0.4, 0.5) is 10.1 Å². The maximum atomic E-state index is 15.8. The fourth-order valence-electron chi connectivity index (χ4n) is 6.58. The van der Waals surface area contributed by atoms with Crippen molar-refractivity contribution in [3.05, 3.63) is 64.8 Å². The van der Waals surface area contributed by atoms with Crippen molar-refractivity contribution in [2.75, 3.05) is 38.5 Å². The standard InChI is InChI=1S/C35H44FN5O4S/c1-4-30(42)37-22(2)31(35(45)41-18-16-40(3)17-19-41)24-14-15-28(27(36)20-24)38-34(44)32(23-10-6-5-7-11-23)39-33(43)26-21-46-29-13-9-8-12-25(26)29/h8-9,12-15,20-23,31-32H,4-7,10-11,16-19H2,1-3H3,(H,37,42)(H,38,44)(H,39,43)/t22-,31-,32+/m1/s1. The molecule has 11 heteroatoms. The van der Waals surface area contributed by atoms with Crippen LogP contribution < -0.4 is 16.0 Å². The Labute approximate surface area is 273 Å². The lowest BCUT2D eigenvalue weighted by Gasteiger charge is -2.36. The van der Waals surface area contributed by atoms with Gasteiger partial charge >= 0.3 is 0 Å². The lowest BCUT2D eigenvalue weighted by atomic mass is 9.83. The number of halogens is 1. The Morgan fingerprint density at radius 2 is 1.70 bits per heavy atom. The Hall–Kier alpha value is -3.83. The van der Waals surface area contributed by atoms with Crippen LogP contribution in [0.5, 0.6) is 0 Å². The first-order valence-corrected chi connectivity index (χ1v) is 17.2. The van der Waals surface area contributed by atoms with Gasteiger partial charge in [0.25, 0.3) is 5.91 Å². The summed E-state index contributed by atoms with van der Waals surface area (Å²) in [6.07, 6.45) is 4.85. The third-order valence-electron chi connectivity index (χ3n) is 9.32.